The first-order chi connectivity index (χ1) is 8.65. The second-order valence-electron chi connectivity index (χ2n) is 4.87. The third-order valence-electron chi connectivity index (χ3n) is 3.08. The van der Waals surface area contributed by atoms with Crippen LogP contribution in [0, 0.1) is 5.92 Å². The van der Waals surface area contributed by atoms with Crippen molar-refractivity contribution in [2.45, 2.75) is 26.3 Å². The zero-order valence-electron chi connectivity index (χ0n) is 10.8. The van der Waals surface area contributed by atoms with Crippen LogP contribution >= 0.6 is 23.4 Å². The van der Waals surface area contributed by atoms with Gasteiger partial charge < -0.3 is 5.32 Å². The molecule has 0 saturated carbocycles. The molecule has 1 N–H and O–H groups in total. The summed E-state index contributed by atoms with van der Waals surface area (Å²) in [5.41, 5.74) is 1.28. The molecule has 2 rings (SSSR count). The zero-order chi connectivity index (χ0) is 13.0. The topological polar surface area (TPSA) is 24.4 Å². The monoisotopic (exact) mass is 282 g/mol. The number of hydrogen-bond donors (Lipinski definition) is 1. The van der Waals surface area contributed by atoms with E-state index in [1.807, 2.05) is 23.9 Å². The van der Waals surface area contributed by atoms with Crippen LogP contribution in [0.4, 0.5) is 0 Å². The van der Waals surface area contributed by atoms with Crippen LogP contribution < -0.4 is 5.32 Å². The Kier molecular flexibility index (Phi) is 4.95. The van der Waals surface area contributed by atoms with Crippen molar-refractivity contribution in [3.05, 3.63) is 34.9 Å². The molecule has 4 heteroatoms. The maximum Gasteiger partial charge on any atom is 0.156 e. The van der Waals surface area contributed by atoms with E-state index in [1.54, 1.807) is 0 Å². The standard InChI is InChI=1S/C14H19ClN2S/c1-10(2)13-9-18-14(17-13)16-8-7-11-3-5-12(15)6-4-11/h3-6,10,13H,7-9H2,1-2H3,(H,16,17)/t13-/m1/s1. The Morgan fingerprint density at radius 1 is 1.39 bits per heavy atom. The van der Waals surface area contributed by atoms with Crippen molar-refractivity contribution >= 4 is 28.5 Å². The van der Waals surface area contributed by atoms with Crippen LogP contribution in [0.3, 0.4) is 0 Å². The maximum atomic E-state index is 5.85. The van der Waals surface area contributed by atoms with Crippen molar-refractivity contribution in [1.29, 1.82) is 0 Å². The van der Waals surface area contributed by atoms with Gasteiger partial charge in [0.25, 0.3) is 0 Å². The number of rotatable bonds is 4. The SMILES string of the molecule is CC(C)[C@H]1CSC(=NCCc2ccc(Cl)cc2)N1. The smallest absolute Gasteiger partial charge is 0.156 e. The summed E-state index contributed by atoms with van der Waals surface area (Å²) in [7, 11) is 0. The Balaban J connectivity index is 1.80. The fourth-order valence-corrected chi connectivity index (χ4v) is 3.15. The van der Waals surface area contributed by atoms with Gasteiger partial charge in [-0.1, -0.05) is 49.3 Å². The first-order valence-corrected chi connectivity index (χ1v) is 7.70. The lowest BCUT2D eigenvalue weighted by Gasteiger charge is -2.13. The predicted molar refractivity (Wildman–Crippen MR) is 81.7 cm³/mol. The van der Waals surface area contributed by atoms with E-state index in [1.165, 1.54) is 5.56 Å². The molecule has 1 saturated heterocycles. The minimum Gasteiger partial charge on any atom is -0.361 e. The number of thioether (sulfide) groups is 1. The summed E-state index contributed by atoms with van der Waals surface area (Å²) in [6.45, 7) is 5.32. The first kappa shape index (κ1) is 13.8. The van der Waals surface area contributed by atoms with Gasteiger partial charge in [-0.15, -0.1) is 0 Å². The Hall–Kier alpha value is -0.670. The third kappa shape index (κ3) is 3.92. The molecule has 1 heterocycles. The second kappa shape index (κ2) is 6.48. The van der Waals surface area contributed by atoms with E-state index in [2.05, 4.69) is 36.3 Å². The van der Waals surface area contributed by atoms with Crippen LogP contribution in [-0.4, -0.2) is 23.5 Å². The van der Waals surface area contributed by atoms with Gasteiger partial charge in [0.05, 0.1) is 0 Å². The highest BCUT2D eigenvalue weighted by Gasteiger charge is 2.22. The van der Waals surface area contributed by atoms with Crippen molar-refractivity contribution in [1.82, 2.24) is 5.32 Å². The van der Waals surface area contributed by atoms with Crippen LogP contribution in [0.5, 0.6) is 0 Å². The van der Waals surface area contributed by atoms with E-state index in [-0.39, 0.29) is 0 Å². The lowest BCUT2D eigenvalue weighted by Crippen LogP contribution is -2.31. The molecule has 1 aromatic carbocycles. The average Bonchev–Trinajstić information content (AvgIpc) is 2.81. The molecule has 18 heavy (non-hydrogen) atoms. The van der Waals surface area contributed by atoms with Crippen LogP contribution in [0.1, 0.15) is 19.4 Å². The number of benzene rings is 1. The Morgan fingerprint density at radius 3 is 2.72 bits per heavy atom. The van der Waals surface area contributed by atoms with E-state index in [0.717, 1.165) is 28.9 Å². The van der Waals surface area contributed by atoms with Gasteiger partial charge in [-0.2, -0.15) is 0 Å². The fourth-order valence-electron chi connectivity index (χ4n) is 1.80. The van der Waals surface area contributed by atoms with E-state index in [4.69, 9.17) is 11.6 Å². The average molecular weight is 283 g/mol. The van der Waals surface area contributed by atoms with Crippen LogP contribution in [0.2, 0.25) is 5.02 Å². The van der Waals surface area contributed by atoms with Crippen molar-refractivity contribution in [3.8, 4) is 0 Å². The maximum absolute atomic E-state index is 5.85. The first-order valence-electron chi connectivity index (χ1n) is 6.33. The Labute approximate surface area is 118 Å². The highest BCUT2D eigenvalue weighted by Crippen LogP contribution is 2.19. The number of aliphatic imine (C=N–C) groups is 1. The molecule has 1 aliphatic rings. The molecule has 98 valence electrons. The zero-order valence-corrected chi connectivity index (χ0v) is 12.4. The molecule has 0 unspecified atom stereocenters. The summed E-state index contributed by atoms with van der Waals surface area (Å²) in [5, 5.41) is 5.37. The highest BCUT2D eigenvalue weighted by molar-refractivity contribution is 8.14. The molecule has 1 aromatic rings. The minimum absolute atomic E-state index is 0.573. The number of halogens is 1. The van der Waals surface area contributed by atoms with Gasteiger partial charge in [-0.3, -0.25) is 4.99 Å². The number of nitrogens with one attached hydrogen (secondary N) is 1. The summed E-state index contributed by atoms with van der Waals surface area (Å²) >= 11 is 7.69. The van der Waals surface area contributed by atoms with Gasteiger partial charge in [0.2, 0.25) is 0 Å². The van der Waals surface area contributed by atoms with Gasteiger partial charge in [0.15, 0.2) is 5.17 Å². The van der Waals surface area contributed by atoms with Gasteiger partial charge in [0, 0.05) is 23.4 Å². The molecule has 1 atom stereocenters. The summed E-state index contributed by atoms with van der Waals surface area (Å²) in [6.07, 6.45) is 0.968. The van der Waals surface area contributed by atoms with Gasteiger partial charge in [0.1, 0.15) is 0 Å². The number of amidine groups is 1. The lowest BCUT2D eigenvalue weighted by atomic mass is 10.1. The quantitative estimate of drug-likeness (QED) is 0.912. The van der Waals surface area contributed by atoms with Crippen LogP contribution in [-0.2, 0) is 6.42 Å². The molecular formula is C14H19ClN2S. The van der Waals surface area contributed by atoms with Gasteiger partial charge in [-0.25, -0.2) is 0 Å². The van der Waals surface area contributed by atoms with Gasteiger partial charge in [-0.05, 0) is 30.0 Å². The third-order valence-corrected chi connectivity index (χ3v) is 4.38. The van der Waals surface area contributed by atoms with Crippen molar-refractivity contribution in [3.63, 3.8) is 0 Å². The lowest BCUT2D eigenvalue weighted by molar-refractivity contribution is 0.503. The largest absolute Gasteiger partial charge is 0.361 e. The predicted octanol–water partition coefficient (Wildman–Crippen LogP) is 3.60. The molecule has 1 aliphatic heterocycles. The molecule has 1 fully saturated rings. The van der Waals surface area contributed by atoms with E-state index < -0.39 is 0 Å². The molecule has 0 radical (unpaired) electrons. The summed E-state index contributed by atoms with van der Waals surface area (Å²) in [5.74, 6) is 1.80. The Bertz CT molecular complexity index is 414. The summed E-state index contributed by atoms with van der Waals surface area (Å²) < 4.78 is 0. The molecule has 0 amide bonds. The normalized spacial score (nSPS) is 21.6. The van der Waals surface area contributed by atoms with E-state index >= 15 is 0 Å². The van der Waals surface area contributed by atoms with Crippen molar-refractivity contribution in [2.24, 2.45) is 10.9 Å². The van der Waals surface area contributed by atoms with Crippen LogP contribution in [0.15, 0.2) is 29.3 Å². The summed E-state index contributed by atoms with van der Waals surface area (Å²) in [4.78, 5) is 4.61. The Morgan fingerprint density at radius 2 is 2.11 bits per heavy atom. The molecule has 0 bridgehead atoms. The van der Waals surface area contributed by atoms with Crippen molar-refractivity contribution < 1.29 is 0 Å². The minimum atomic E-state index is 0.573. The van der Waals surface area contributed by atoms with E-state index in [9.17, 15) is 0 Å². The fraction of sp³-hybridized carbons (Fsp3) is 0.500. The molecule has 0 aromatic heterocycles. The second-order valence-corrected chi connectivity index (χ2v) is 6.31. The molecule has 0 aliphatic carbocycles. The van der Waals surface area contributed by atoms with Crippen LogP contribution in [0.25, 0.3) is 0 Å². The summed E-state index contributed by atoms with van der Waals surface area (Å²) in [6, 6.07) is 8.57. The molecule has 0 spiro atoms. The number of nitrogens with zero attached hydrogens (tertiary/aromatic N) is 1. The van der Waals surface area contributed by atoms with E-state index in [0.29, 0.717) is 12.0 Å². The van der Waals surface area contributed by atoms with Gasteiger partial charge >= 0.3 is 0 Å². The molecule has 2 nitrogen and oxygen atoms in total. The van der Waals surface area contributed by atoms with Crippen molar-refractivity contribution in [2.75, 3.05) is 12.3 Å². The molecular weight excluding hydrogens is 264 g/mol. The number of hydrogen-bond acceptors (Lipinski definition) is 2. The highest BCUT2D eigenvalue weighted by atomic mass is 35.5.